The largest absolute Gasteiger partial charge is 0.493 e. The molecule has 188 valence electrons. The van der Waals surface area contributed by atoms with Crippen molar-refractivity contribution >= 4 is 28.9 Å². The summed E-state index contributed by atoms with van der Waals surface area (Å²) in [6, 6.07) is 34.0. The first-order chi connectivity index (χ1) is 18.2. The van der Waals surface area contributed by atoms with E-state index < -0.39 is 0 Å². The van der Waals surface area contributed by atoms with Crippen molar-refractivity contribution in [3.63, 3.8) is 0 Å². The molecule has 37 heavy (non-hydrogen) atoms. The van der Waals surface area contributed by atoms with Gasteiger partial charge in [-0.25, -0.2) is 0 Å². The minimum Gasteiger partial charge on any atom is -0.493 e. The van der Waals surface area contributed by atoms with Crippen LogP contribution in [0.5, 0.6) is 17.2 Å². The van der Waals surface area contributed by atoms with Gasteiger partial charge in [-0.1, -0.05) is 54.6 Å². The molecule has 0 fully saturated rings. The summed E-state index contributed by atoms with van der Waals surface area (Å²) in [5, 5.41) is 5.93. The summed E-state index contributed by atoms with van der Waals surface area (Å²) in [6.45, 7) is 1.38. The summed E-state index contributed by atoms with van der Waals surface area (Å²) in [6.07, 6.45) is 0.818. The molecule has 4 aromatic carbocycles. The van der Waals surface area contributed by atoms with Gasteiger partial charge < -0.3 is 19.5 Å². The van der Waals surface area contributed by atoms with Gasteiger partial charge >= 0.3 is 0 Å². The molecule has 0 aliphatic heterocycles. The molecular weight excluding hydrogens is 484 g/mol. The van der Waals surface area contributed by atoms with Crippen molar-refractivity contribution in [1.29, 1.82) is 0 Å². The Morgan fingerprint density at radius 2 is 1.24 bits per heavy atom. The van der Waals surface area contributed by atoms with Crippen molar-refractivity contribution in [2.45, 2.75) is 6.42 Å². The maximum atomic E-state index is 12.6. The van der Waals surface area contributed by atoms with Crippen LogP contribution in [0.4, 0.5) is 5.69 Å². The second kappa shape index (κ2) is 13.7. The van der Waals surface area contributed by atoms with Crippen molar-refractivity contribution < 1.29 is 19.0 Å². The third-order valence-corrected chi connectivity index (χ3v) is 5.51. The lowest BCUT2D eigenvalue weighted by Gasteiger charge is -2.12. The highest BCUT2D eigenvalue weighted by atomic mass is 32.1. The molecule has 0 saturated heterocycles. The zero-order chi connectivity index (χ0) is 25.7. The van der Waals surface area contributed by atoms with Gasteiger partial charge in [-0.2, -0.15) is 0 Å². The lowest BCUT2D eigenvalue weighted by Crippen LogP contribution is -2.34. The van der Waals surface area contributed by atoms with Crippen molar-refractivity contribution in [3.8, 4) is 17.2 Å². The van der Waals surface area contributed by atoms with Crippen LogP contribution in [0.2, 0.25) is 0 Å². The van der Waals surface area contributed by atoms with E-state index in [0.29, 0.717) is 31.1 Å². The quantitative estimate of drug-likeness (QED) is 0.193. The topological polar surface area (TPSA) is 68.8 Å². The summed E-state index contributed by atoms with van der Waals surface area (Å²) in [7, 11) is 0. The van der Waals surface area contributed by atoms with Crippen LogP contribution in [0.1, 0.15) is 15.9 Å². The fourth-order valence-corrected chi connectivity index (χ4v) is 3.68. The predicted molar refractivity (Wildman–Crippen MR) is 150 cm³/mol. The van der Waals surface area contributed by atoms with Gasteiger partial charge in [0.2, 0.25) is 0 Å². The number of carbonyl (C=O) groups excluding carboxylic acids is 1. The predicted octanol–water partition coefficient (Wildman–Crippen LogP) is 5.89. The number of rotatable bonds is 11. The molecule has 4 rings (SSSR count). The smallest absolute Gasteiger partial charge is 0.257 e. The van der Waals surface area contributed by atoms with Gasteiger partial charge in [-0.15, -0.1) is 0 Å². The summed E-state index contributed by atoms with van der Waals surface area (Å²) < 4.78 is 17.2. The third-order valence-electron chi connectivity index (χ3n) is 5.30. The number of nitrogens with one attached hydrogen (secondary N) is 2. The monoisotopic (exact) mass is 512 g/mol. The Bertz CT molecular complexity index is 1280. The third kappa shape index (κ3) is 8.66. The molecule has 2 N–H and O–H groups in total. The van der Waals surface area contributed by atoms with Crippen LogP contribution in [-0.4, -0.2) is 30.8 Å². The number of anilines is 1. The summed E-state index contributed by atoms with van der Waals surface area (Å²) in [5.41, 5.74) is 2.41. The average Bonchev–Trinajstić information content (AvgIpc) is 2.93. The molecule has 0 aromatic heterocycles. The van der Waals surface area contributed by atoms with E-state index in [-0.39, 0.29) is 11.0 Å². The molecule has 0 spiro atoms. The van der Waals surface area contributed by atoms with E-state index in [1.807, 2.05) is 72.8 Å². The van der Waals surface area contributed by atoms with E-state index in [9.17, 15) is 4.79 Å². The molecule has 0 aliphatic rings. The SMILES string of the molecule is O=C(NC(=S)Nc1cccc(OCCc2ccccc2)c1)c1ccc(OCCOc2ccccc2)cc1. The van der Waals surface area contributed by atoms with E-state index in [4.69, 9.17) is 26.4 Å². The van der Waals surface area contributed by atoms with Gasteiger partial charge in [-0.3, -0.25) is 10.1 Å². The molecule has 0 unspecified atom stereocenters. The van der Waals surface area contributed by atoms with Gasteiger partial charge in [-0.05, 0) is 66.3 Å². The maximum absolute atomic E-state index is 12.6. The highest BCUT2D eigenvalue weighted by molar-refractivity contribution is 7.80. The number of para-hydroxylation sites is 1. The number of benzene rings is 4. The summed E-state index contributed by atoms with van der Waals surface area (Å²) in [5.74, 6) is 1.86. The van der Waals surface area contributed by atoms with Crippen LogP contribution in [0.25, 0.3) is 0 Å². The lowest BCUT2D eigenvalue weighted by atomic mass is 10.2. The van der Waals surface area contributed by atoms with Crippen LogP contribution in [0, 0.1) is 0 Å². The number of hydrogen-bond donors (Lipinski definition) is 2. The van der Waals surface area contributed by atoms with E-state index in [2.05, 4.69) is 22.8 Å². The maximum Gasteiger partial charge on any atom is 0.257 e. The number of amides is 1. The molecule has 0 aliphatic carbocycles. The Balaban J connectivity index is 1.19. The zero-order valence-electron chi connectivity index (χ0n) is 20.3. The minimum absolute atomic E-state index is 0.199. The standard InChI is InChI=1S/C30H28N2O4S/c33-29(24-14-16-27(17-15-24)36-21-20-35-26-11-5-2-6-12-26)32-30(37)31-25-10-7-13-28(22-25)34-19-18-23-8-3-1-4-9-23/h1-17,22H,18-21H2,(H2,31,32,33,37). The minimum atomic E-state index is -0.313. The van der Waals surface area contributed by atoms with Gasteiger partial charge in [0.05, 0.1) is 6.61 Å². The second-order valence-electron chi connectivity index (χ2n) is 8.05. The molecule has 0 radical (unpaired) electrons. The molecule has 0 atom stereocenters. The van der Waals surface area contributed by atoms with Crippen LogP contribution in [-0.2, 0) is 6.42 Å². The molecular formula is C30H28N2O4S. The first kappa shape index (κ1) is 25.7. The Hall–Kier alpha value is -4.36. The number of hydrogen-bond acceptors (Lipinski definition) is 5. The second-order valence-corrected chi connectivity index (χ2v) is 8.46. The normalized spacial score (nSPS) is 10.3. The van der Waals surface area contributed by atoms with Crippen LogP contribution >= 0.6 is 12.2 Å². The molecule has 7 heteroatoms. The molecule has 4 aromatic rings. The highest BCUT2D eigenvalue weighted by Crippen LogP contribution is 2.18. The van der Waals surface area contributed by atoms with E-state index in [0.717, 1.165) is 23.6 Å². The lowest BCUT2D eigenvalue weighted by molar-refractivity contribution is 0.0977. The van der Waals surface area contributed by atoms with Crippen LogP contribution in [0.15, 0.2) is 109 Å². The Kier molecular flexibility index (Phi) is 9.49. The Morgan fingerprint density at radius 1 is 0.649 bits per heavy atom. The highest BCUT2D eigenvalue weighted by Gasteiger charge is 2.09. The number of carbonyl (C=O) groups is 1. The van der Waals surface area contributed by atoms with Crippen LogP contribution in [0.3, 0.4) is 0 Å². The van der Waals surface area contributed by atoms with E-state index in [1.165, 1.54) is 5.56 Å². The van der Waals surface area contributed by atoms with Gasteiger partial charge in [0, 0.05) is 23.7 Å². The molecule has 0 heterocycles. The fourth-order valence-electron chi connectivity index (χ4n) is 3.47. The van der Waals surface area contributed by atoms with Gasteiger partial charge in [0.15, 0.2) is 5.11 Å². The van der Waals surface area contributed by atoms with Crippen molar-refractivity contribution in [2.24, 2.45) is 0 Å². The number of ether oxygens (including phenoxy) is 3. The Labute approximate surface area is 222 Å². The van der Waals surface area contributed by atoms with E-state index >= 15 is 0 Å². The van der Waals surface area contributed by atoms with Gasteiger partial charge in [0.25, 0.3) is 5.91 Å². The summed E-state index contributed by atoms with van der Waals surface area (Å²) in [4.78, 5) is 12.6. The number of thiocarbonyl (C=S) groups is 1. The first-order valence-electron chi connectivity index (χ1n) is 12.0. The Morgan fingerprint density at radius 3 is 1.95 bits per heavy atom. The fraction of sp³-hybridized carbons (Fsp3) is 0.133. The summed E-state index contributed by atoms with van der Waals surface area (Å²) >= 11 is 5.32. The van der Waals surface area contributed by atoms with Gasteiger partial charge in [0.1, 0.15) is 30.5 Å². The molecule has 6 nitrogen and oxygen atoms in total. The van der Waals surface area contributed by atoms with Crippen LogP contribution < -0.4 is 24.8 Å². The van der Waals surface area contributed by atoms with Crippen molar-refractivity contribution in [3.05, 3.63) is 120 Å². The molecule has 0 saturated carbocycles. The van der Waals surface area contributed by atoms with Crippen molar-refractivity contribution in [2.75, 3.05) is 25.1 Å². The van der Waals surface area contributed by atoms with E-state index in [1.54, 1.807) is 24.3 Å². The molecule has 1 amide bonds. The average molecular weight is 513 g/mol. The first-order valence-corrected chi connectivity index (χ1v) is 12.4. The zero-order valence-corrected chi connectivity index (χ0v) is 21.1. The van der Waals surface area contributed by atoms with Crippen molar-refractivity contribution in [1.82, 2.24) is 5.32 Å². The molecule has 0 bridgehead atoms.